The van der Waals surface area contributed by atoms with Gasteiger partial charge < -0.3 is 46.3 Å². The van der Waals surface area contributed by atoms with Gasteiger partial charge in [0.2, 0.25) is 23.6 Å². The predicted octanol–water partition coefficient (Wildman–Crippen LogP) is 6.84. The van der Waals surface area contributed by atoms with Crippen LogP contribution in [0.5, 0.6) is 5.75 Å². The lowest BCUT2D eigenvalue weighted by Gasteiger charge is -2.25. The molecule has 0 bridgehead atoms. The maximum Gasteiger partial charge on any atom is 0.426 e. The third kappa shape index (κ3) is 16.6. The van der Waals surface area contributed by atoms with Crippen molar-refractivity contribution in [1.29, 1.82) is 0 Å². The van der Waals surface area contributed by atoms with Gasteiger partial charge in [-0.15, -0.1) is 0 Å². The van der Waals surface area contributed by atoms with Crippen LogP contribution in [0.1, 0.15) is 102 Å². The molecule has 1 aliphatic rings. The van der Waals surface area contributed by atoms with Gasteiger partial charge in [-0.25, -0.2) is 19.8 Å². The molecule has 0 aromatic heterocycles. The van der Waals surface area contributed by atoms with Crippen molar-refractivity contribution in [3.05, 3.63) is 119 Å². The molecule has 0 aliphatic heterocycles. The summed E-state index contributed by atoms with van der Waals surface area (Å²) in [5.41, 5.74) is 15.1. The topological polar surface area (TPSA) is 266 Å². The van der Waals surface area contributed by atoms with E-state index in [9.17, 15) is 38.7 Å². The molecule has 0 fully saturated rings. The highest BCUT2D eigenvalue weighted by atomic mass is 16.6. The minimum absolute atomic E-state index is 0.0532. The molecule has 0 spiro atoms. The molecular formula is C52H65N7O11. The van der Waals surface area contributed by atoms with Crippen LogP contribution < -0.4 is 37.9 Å². The van der Waals surface area contributed by atoms with Crippen molar-refractivity contribution in [3.63, 3.8) is 0 Å². The first-order valence-corrected chi connectivity index (χ1v) is 23.4. The number of hydrogen-bond donors (Lipinski definition) is 8. The van der Waals surface area contributed by atoms with Gasteiger partial charge >= 0.3 is 18.3 Å². The molecule has 0 heterocycles. The van der Waals surface area contributed by atoms with Gasteiger partial charge in [0.05, 0.1) is 0 Å². The van der Waals surface area contributed by atoms with E-state index < -0.39 is 71.6 Å². The number of rotatable bonds is 21. The molecule has 4 atom stereocenters. The summed E-state index contributed by atoms with van der Waals surface area (Å²) in [5.74, 6) is -3.31. The summed E-state index contributed by atoms with van der Waals surface area (Å²) in [6.07, 6.45) is -0.791. The van der Waals surface area contributed by atoms with Gasteiger partial charge in [-0.05, 0) is 110 Å². The number of anilines is 1. The molecule has 0 saturated heterocycles. The number of phenols is 1. The number of benzene rings is 4. The lowest BCUT2D eigenvalue weighted by Crippen LogP contribution is -2.54. The van der Waals surface area contributed by atoms with E-state index in [1.807, 2.05) is 48.5 Å². The standard InChI is InChI=1S/C52H65N7O11/c1-31(2)45(57-49(65)69-30-42-40-15-9-7-13-38(40)39-14-8-10-16-41(39)42)48(64)56-43(17-11-12-18-44(53)61)47(63)54-35-23-19-34(20-24-35)29-68-51(67)59-58-46(62)32(3)27-36(55-50(66)70-52(4,5)6)28-33-21-25-37(60)26-22-33/h7-10,13-16,19-26,31-32,36,42-43,45,60H,11-12,17-18,27-30H2,1-6H3,(H2,53,61)(H,54,63)(H,55,66)(H,56,64)(H,57,65)(H,58,62)(H,59,67)/t32-,36+,43-,45-/m0/s1. The monoisotopic (exact) mass is 963 g/mol. The van der Waals surface area contributed by atoms with Gasteiger partial charge in [-0.1, -0.05) is 100.0 Å². The summed E-state index contributed by atoms with van der Waals surface area (Å²) in [6, 6.07) is 26.1. The maximum absolute atomic E-state index is 13.8. The molecule has 1 aliphatic carbocycles. The van der Waals surface area contributed by atoms with Crippen molar-refractivity contribution < 1.29 is 52.9 Å². The maximum atomic E-state index is 13.8. The average molecular weight is 964 g/mol. The fraction of sp³-hybridized carbons (Fsp3) is 0.404. The Morgan fingerprint density at radius 1 is 0.671 bits per heavy atom. The fourth-order valence-corrected chi connectivity index (χ4v) is 7.93. The quantitative estimate of drug-likeness (QED) is 0.0243. The van der Waals surface area contributed by atoms with Crippen LogP contribution in [0, 0.1) is 11.8 Å². The van der Waals surface area contributed by atoms with Crippen LogP contribution in [0.15, 0.2) is 97.1 Å². The lowest BCUT2D eigenvalue weighted by molar-refractivity contribution is -0.128. The van der Waals surface area contributed by atoms with E-state index in [2.05, 4.69) is 32.1 Å². The molecule has 0 saturated carbocycles. The Kier molecular flexibility index (Phi) is 19.1. The molecule has 5 rings (SSSR count). The number of hydrogen-bond acceptors (Lipinski definition) is 11. The number of amides is 7. The van der Waals surface area contributed by atoms with Gasteiger partial charge in [0.25, 0.3) is 0 Å². The number of carbonyl (C=O) groups is 7. The van der Waals surface area contributed by atoms with Gasteiger partial charge in [0.15, 0.2) is 0 Å². The Morgan fingerprint density at radius 3 is 1.89 bits per heavy atom. The van der Waals surface area contributed by atoms with Crippen molar-refractivity contribution in [3.8, 4) is 16.9 Å². The first-order valence-electron chi connectivity index (χ1n) is 23.4. The third-order valence-electron chi connectivity index (χ3n) is 11.5. The zero-order valence-electron chi connectivity index (χ0n) is 40.5. The summed E-state index contributed by atoms with van der Waals surface area (Å²) in [6.45, 7) is 10.2. The number of alkyl carbamates (subject to hydrolysis) is 2. The molecule has 9 N–H and O–H groups in total. The Balaban J connectivity index is 1.11. The number of ether oxygens (including phenoxy) is 3. The molecule has 7 amide bonds. The van der Waals surface area contributed by atoms with Crippen LogP contribution in [0.4, 0.5) is 20.1 Å². The largest absolute Gasteiger partial charge is 0.508 e. The number of phenolic OH excluding ortho intramolecular Hbond substituents is 1. The lowest BCUT2D eigenvalue weighted by atomic mass is 9.95. The van der Waals surface area contributed by atoms with Gasteiger partial charge in [-0.3, -0.25) is 24.6 Å². The van der Waals surface area contributed by atoms with Gasteiger partial charge in [0.1, 0.15) is 36.6 Å². The second-order valence-corrected chi connectivity index (χ2v) is 18.7. The Bertz CT molecular complexity index is 2410. The number of hydrazine groups is 1. The van der Waals surface area contributed by atoms with Crippen molar-refractivity contribution in [1.82, 2.24) is 26.8 Å². The molecule has 374 valence electrons. The first kappa shape index (κ1) is 53.3. The molecule has 70 heavy (non-hydrogen) atoms. The van der Waals surface area contributed by atoms with Crippen molar-refractivity contribution in [2.45, 2.75) is 116 Å². The van der Waals surface area contributed by atoms with E-state index in [4.69, 9.17) is 19.9 Å². The van der Waals surface area contributed by atoms with Gasteiger partial charge in [-0.2, -0.15) is 0 Å². The Hall–Kier alpha value is -7.63. The van der Waals surface area contributed by atoms with E-state index >= 15 is 0 Å². The number of fused-ring (bicyclic) bond motifs is 3. The molecule has 18 nitrogen and oxygen atoms in total. The molecule has 0 radical (unpaired) electrons. The third-order valence-corrected chi connectivity index (χ3v) is 11.5. The number of unbranched alkanes of at least 4 members (excludes halogenated alkanes) is 1. The normalized spacial score (nSPS) is 13.5. The van der Waals surface area contributed by atoms with E-state index in [1.54, 1.807) is 77.9 Å². The van der Waals surface area contributed by atoms with Crippen LogP contribution in [0.3, 0.4) is 0 Å². The molecule has 0 unspecified atom stereocenters. The van der Waals surface area contributed by atoms with Crippen molar-refractivity contribution in [2.24, 2.45) is 17.6 Å². The summed E-state index contributed by atoms with van der Waals surface area (Å²) in [4.78, 5) is 90.2. The molecule has 4 aromatic rings. The highest BCUT2D eigenvalue weighted by Crippen LogP contribution is 2.44. The van der Waals surface area contributed by atoms with Crippen LogP contribution in [-0.2, 0) is 46.4 Å². The fourth-order valence-electron chi connectivity index (χ4n) is 7.93. The second kappa shape index (κ2) is 25.1. The van der Waals surface area contributed by atoms with E-state index in [-0.39, 0.29) is 50.1 Å². The second-order valence-electron chi connectivity index (χ2n) is 18.7. The molecular weight excluding hydrogens is 899 g/mol. The first-order chi connectivity index (χ1) is 33.3. The van der Waals surface area contributed by atoms with Crippen LogP contribution in [0.25, 0.3) is 11.1 Å². The summed E-state index contributed by atoms with van der Waals surface area (Å²) >= 11 is 0. The SMILES string of the molecule is CC(C)[C@H](NC(=O)OCC1c2ccccc2-c2ccccc21)C(=O)N[C@@H](CCCCC(N)=O)C(=O)Nc1ccc(COC(=O)NNC(=O)[C@@H](C)C[C@H](Cc2ccc(O)cc2)NC(=O)OC(C)(C)C)cc1. The van der Waals surface area contributed by atoms with E-state index in [0.29, 0.717) is 30.5 Å². The highest BCUT2D eigenvalue weighted by molar-refractivity contribution is 5.98. The number of nitrogens with two attached hydrogens (primary N) is 1. The summed E-state index contributed by atoms with van der Waals surface area (Å²) < 4.78 is 16.4. The van der Waals surface area contributed by atoms with Crippen LogP contribution in [0.2, 0.25) is 0 Å². The number of primary amides is 1. The summed E-state index contributed by atoms with van der Waals surface area (Å²) in [7, 11) is 0. The number of aromatic hydroxyl groups is 1. The Morgan fingerprint density at radius 2 is 1.29 bits per heavy atom. The minimum atomic E-state index is -1.05. The zero-order valence-corrected chi connectivity index (χ0v) is 40.5. The smallest absolute Gasteiger partial charge is 0.426 e. The number of carbonyl (C=O) groups excluding carboxylic acids is 7. The zero-order chi connectivity index (χ0) is 51.0. The highest BCUT2D eigenvalue weighted by Gasteiger charge is 2.32. The van der Waals surface area contributed by atoms with Crippen LogP contribution in [-0.4, -0.2) is 77.3 Å². The van der Waals surface area contributed by atoms with Crippen LogP contribution >= 0.6 is 0 Å². The van der Waals surface area contributed by atoms with E-state index in [0.717, 1.165) is 27.8 Å². The summed E-state index contributed by atoms with van der Waals surface area (Å²) in [5, 5.41) is 20.7. The Labute approximate surface area is 408 Å². The molecule has 4 aromatic carbocycles. The molecule has 18 heteroatoms. The van der Waals surface area contributed by atoms with E-state index in [1.165, 1.54) is 12.1 Å². The van der Waals surface area contributed by atoms with Crippen molar-refractivity contribution in [2.75, 3.05) is 11.9 Å². The van der Waals surface area contributed by atoms with Crippen molar-refractivity contribution >= 4 is 47.6 Å². The van der Waals surface area contributed by atoms with Gasteiger partial charge in [0, 0.05) is 30.0 Å². The minimum Gasteiger partial charge on any atom is -0.508 e. The predicted molar refractivity (Wildman–Crippen MR) is 262 cm³/mol. The average Bonchev–Trinajstić information content (AvgIpc) is 3.63. The number of nitrogens with one attached hydrogen (secondary N) is 6.